The highest BCUT2D eigenvalue weighted by atomic mass is 32.1. The number of ether oxygens (including phenoxy) is 1. The topological polar surface area (TPSA) is 34.1 Å². The molecule has 0 aliphatic carbocycles. The quantitative estimate of drug-likeness (QED) is 0.659. The minimum Gasteiger partial charge on any atom is -0.497 e. The lowest BCUT2D eigenvalue weighted by molar-refractivity contribution is 0.410. The molecule has 6 heteroatoms. The van der Waals surface area contributed by atoms with E-state index < -0.39 is 0 Å². The molecule has 24 heavy (non-hydrogen) atoms. The highest BCUT2D eigenvalue weighted by Gasteiger charge is 2.16. The molecule has 0 fully saturated rings. The molecule has 0 saturated carbocycles. The van der Waals surface area contributed by atoms with E-state index >= 15 is 0 Å². The first-order valence-electron chi connectivity index (χ1n) is 7.64. The van der Waals surface area contributed by atoms with Gasteiger partial charge in [0, 0.05) is 29.2 Å². The second kappa shape index (κ2) is 7.88. The Morgan fingerprint density at radius 3 is 2.79 bits per heavy atom. The summed E-state index contributed by atoms with van der Waals surface area (Å²) in [5.41, 5.74) is 2.91. The van der Waals surface area contributed by atoms with Crippen molar-refractivity contribution in [2.75, 3.05) is 7.11 Å². The number of hydrogen-bond acceptors (Lipinski definition) is 5. The van der Waals surface area contributed by atoms with Crippen molar-refractivity contribution in [1.29, 1.82) is 0 Å². The zero-order valence-electron chi connectivity index (χ0n) is 13.6. The number of nitrogens with one attached hydrogen (secondary N) is 1. The highest BCUT2D eigenvalue weighted by molar-refractivity contribution is 7.09. The summed E-state index contributed by atoms with van der Waals surface area (Å²) in [7, 11) is 1.54. The lowest BCUT2D eigenvalue weighted by Gasteiger charge is -2.17. The summed E-state index contributed by atoms with van der Waals surface area (Å²) in [6.07, 6.45) is 0.841. The van der Waals surface area contributed by atoms with Gasteiger partial charge >= 0.3 is 0 Å². The average molecular weight is 362 g/mol. The van der Waals surface area contributed by atoms with Gasteiger partial charge in [-0.1, -0.05) is 6.07 Å². The van der Waals surface area contributed by atoms with Crippen molar-refractivity contribution in [2.45, 2.75) is 25.9 Å². The SMILES string of the molecule is COc1ccc(CNC(Cc2ccsc2)c2nc(C)cs2)c(F)c1. The van der Waals surface area contributed by atoms with Gasteiger partial charge in [0.2, 0.25) is 0 Å². The molecule has 3 nitrogen and oxygen atoms in total. The Bertz CT molecular complexity index is 786. The van der Waals surface area contributed by atoms with Gasteiger partial charge in [-0.05, 0) is 41.8 Å². The zero-order chi connectivity index (χ0) is 16.9. The van der Waals surface area contributed by atoms with E-state index in [1.54, 1.807) is 34.8 Å². The van der Waals surface area contributed by atoms with Crippen molar-refractivity contribution >= 4 is 22.7 Å². The maximum absolute atomic E-state index is 14.1. The Morgan fingerprint density at radius 1 is 1.29 bits per heavy atom. The first kappa shape index (κ1) is 17.1. The van der Waals surface area contributed by atoms with Crippen molar-refractivity contribution in [3.8, 4) is 5.75 Å². The molecule has 0 spiro atoms. The van der Waals surface area contributed by atoms with Gasteiger partial charge in [-0.2, -0.15) is 11.3 Å². The van der Waals surface area contributed by atoms with Crippen LogP contribution in [0.4, 0.5) is 4.39 Å². The van der Waals surface area contributed by atoms with Crippen LogP contribution in [-0.2, 0) is 13.0 Å². The van der Waals surface area contributed by atoms with Crippen LogP contribution < -0.4 is 10.1 Å². The number of hydrogen-bond donors (Lipinski definition) is 1. The number of methoxy groups -OCH3 is 1. The number of thiophene rings is 1. The number of benzene rings is 1. The molecule has 1 atom stereocenters. The van der Waals surface area contributed by atoms with E-state index in [1.165, 1.54) is 18.7 Å². The summed E-state index contributed by atoms with van der Waals surface area (Å²) < 4.78 is 19.2. The van der Waals surface area contributed by atoms with Crippen LogP contribution in [0.3, 0.4) is 0 Å². The molecular formula is C18H19FN2OS2. The molecule has 3 aromatic rings. The summed E-state index contributed by atoms with van der Waals surface area (Å²) in [6.45, 7) is 2.44. The van der Waals surface area contributed by atoms with Gasteiger partial charge in [-0.25, -0.2) is 9.37 Å². The second-order valence-corrected chi connectivity index (χ2v) is 7.22. The van der Waals surface area contributed by atoms with E-state index in [0.717, 1.165) is 17.1 Å². The van der Waals surface area contributed by atoms with E-state index in [0.29, 0.717) is 17.9 Å². The summed E-state index contributed by atoms with van der Waals surface area (Å²) >= 11 is 3.33. The van der Waals surface area contributed by atoms with E-state index in [4.69, 9.17) is 4.74 Å². The molecule has 3 rings (SSSR count). The number of aryl methyl sites for hydroxylation is 1. The van der Waals surface area contributed by atoms with Crippen molar-refractivity contribution in [2.24, 2.45) is 0 Å². The number of thiazole rings is 1. The Kier molecular flexibility index (Phi) is 5.60. The predicted octanol–water partition coefficient (Wildman–Crippen LogP) is 4.73. The molecular weight excluding hydrogens is 343 g/mol. The van der Waals surface area contributed by atoms with Gasteiger partial charge in [0.05, 0.1) is 13.2 Å². The molecule has 0 aliphatic rings. The Balaban J connectivity index is 1.74. The van der Waals surface area contributed by atoms with Gasteiger partial charge in [0.15, 0.2) is 0 Å². The van der Waals surface area contributed by atoms with E-state index in [9.17, 15) is 4.39 Å². The molecule has 1 aromatic carbocycles. The summed E-state index contributed by atoms with van der Waals surface area (Å²) in [4.78, 5) is 4.60. The average Bonchev–Trinajstić information content (AvgIpc) is 3.23. The van der Waals surface area contributed by atoms with Crippen molar-refractivity contribution in [3.05, 3.63) is 68.1 Å². The van der Waals surface area contributed by atoms with Crippen molar-refractivity contribution in [3.63, 3.8) is 0 Å². The standard InChI is InChI=1S/C18H19FN2OS2/c1-12-10-24-18(21-12)17(7-13-5-6-23-11-13)20-9-14-3-4-15(22-2)8-16(14)19/h3-6,8,10-11,17,20H,7,9H2,1-2H3. The maximum atomic E-state index is 14.1. The lowest BCUT2D eigenvalue weighted by Crippen LogP contribution is -2.23. The fourth-order valence-corrected chi connectivity index (χ4v) is 4.01. The van der Waals surface area contributed by atoms with Crippen LogP contribution >= 0.6 is 22.7 Å². The molecule has 0 saturated heterocycles. The van der Waals surface area contributed by atoms with Gasteiger partial charge < -0.3 is 10.1 Å². The van der Waals surface area contributed by atoms with Crippen LogP contribution in [-0.4, -0.2) is 12.1 Å². The molecule has 0 aliphatic heterocycles. The predicted molar refractivity (Wildman–Crippen MR) is 97.4 cm³/mol. The maximum Gasteiger partial charge on any atom is 0.131 e. The molecule has 0 amide bonds. The molecule has 0 radical (unpaired) electrons. The van der Waals surface area contributed by atoms with Crippen LogP contribution in [0.1, 0.15) is 27.9 Å². The molecule has 1 N–H and O–H groups in total. The molecule has 2 aromatic heterocycles. The van der Waals surface area contributed by atoms with E-state index in [2.05, 4.69) is 27.1 Å². The van der Waals surface area contributed by atoms with Gasteiger partial charge in [0.25, 0.3) is 0 Å². The van der Waals surface area contributed by atoms with E-state index in [-0.39, 0.29) is 11.9 Å². The molecule has 0 bridgehead atoms. The van der Waals surface area contributed by atoms with Gasteiger partial charge in [-0.3, -0.25) is 0 Å². The first-order chi connectivity index (χ1) is 11.7. The smallest absolute Gasteiger partial charge is 0.131 e. The van der Waals surface area contributed by atoms with Crippen LogP contribution in [0.5, 0.6) is 5.75 Å². The Labute approximate surface area is 149 Å². The zero-order valence-corrected chi connectivity index (χ0v) is 15.2. The minimum atomic E-state index is -0.258. The summed E-state index contributed by atoms with van der Waals surface area (Å²) in [6, 6.07) is 7.14. The number of nitrogens with zero attached hydrogens (tertiary/aromatic N) is 1. The Morgan fingerprint density at radius 2 is 2.17 bits per heavy atom. The summed E-state index contributed by atoms with van der Waals surface area (Å²) in [5, 5.41) is 10.8. The number of aromatic nitrogens is 1. The molecule has 1 unspecified atom stereocenters. The third-order valence-corrected chi connectivity index (χ3v) is 5.56. The fourth-order valence-electron chi connectivity index (χ4n) is 2.46. The van der Waals surface area contributed by atoms with Gasteiger partial charge in [-0.15, -0.1) is 11.3 Å². The monoisotopic (exact) mass is 362 g/mol. The highest BCUT2D eigenvalue weighted by Crippen LogP contribution is 2.24. The first-order valence-corrected chi connectivity index (χ1v) is 9.47. The van der Waals surface area contributed by atoms with Crippen LogP contribution in [0.2, 0.25) is 0 Å². The van der Waals surface area contributed by atoms with E-state index in [1.807, 2.05) is 12.3 Å². The lowest BCUT2D eigenvalue weighted by atomic mass is 10.1. The third kappa shape index (κ3) is 4.20. The van der Waals surface area contributed by atoms with Gasteiger partial charge in [0.1, 0.15) is 16.6 Å². The normalized spacial score (nSPS) is 12.3. The Hall–Kier alpha value is -1.76. The number of rotatable bonds is 7. The van der Waals surface area contributed by atoms with Crippen molar-refractivity contribution < 1.29 is 9.13 Å². The van der Waals surface area contributed by atoms with Crippen LogP contribution in [0.15, 0.2) is 40.4 Å². The fraction of sp³-hybridized carbons (Fsp3) is 0.278. The molecule has 126 valence electrons. The second-order valence-electron chi connectivity index (χ2n) is 5.55. The third-order valence-electron chi connectivity index (χ3n) is 3.75. The van der Waals surface area contributed by atoms with Crippen LogP contribution in [0, 0.1) is 12.7 Å². The summed E-state index contributed by atoms with van der Waals surface area (Å²) in [5.74, 6) is 0.271. The largest absolute Gasteiger partial charge is 0.497 e. The molecule has 2 heterocycles. The van der Waals surface area contributed by atoms with Crippen molar-refractivity contribution in [1.82, 2.24) is 10.3 Å². The minimum absolute atomic E-state index is 0.0693. The van der Waals surface area contributed by atoms with Crippen LogP contribution in [0.25, 0.3) is 0 Å². The number of halogens is 1.